The fourth-order valence-electron chi connectivity index (χ4n) is 2.51. The predicted octanol–water partition coefficient (Wildman–Crippen LogP) is 1.19. The molecule has 2 fully saturated rings. The average molecular weight is 212 g/mol. The minimum atomic E-state index is 0.154. The highest BCUT2D eigenvalue weighted by molar-refractivity contribution is 5.04. The van der Waals surface area contributed by atoms with Crippen LogP contribution in [0.1, 0.15) is 27.7 Å². The van der Waals surface area contributed by atoms with Crippen LogP contribution in [0.3, 0.4) is 0 Å². The number of nitrogens with zero attached hydrogens (tertiary/aromatic N) is 2. The molecule has 0 amide bonds. The first-order valence-electron chi connectivity index (χ1n) is 6.07. The summed E-state index contributed by atoms with van der Waals surface area (Å²) in [5, 5.41) is 0. The van der Waals surface area contributed by atoms with Gasteiger partial charge in [0.15, 0.2) is 0 Å². The molecule has 0 aromatic rings. The molecule has 0 saturated carbocycles. The molecule has 0 unspecified atom stereocenters. The minimum Gasteiger partial charge on any atom is -0.370 e. The zero-order valence-electron chi connectivity index (χ0n) is 10.5. The van der Waals surface area contributed by atoms with Gasteiger partial charge < -0.3 is 4.74 Å². The number of hydrogen-bond acceptors (Lipinski definition) is 3. The predicted molar refractivity (Wildman–Crippen MR) is 62.1 cm³/mol. The Morgan fingerprint density at radius 1 is 1.20 bits per heavy atom. The fourth-order valence-corrected chi connectivity index (χ4v) is 2.51. The van der Waals surface area contributed by atoms with Gasteiger partial charge in [-0.3, -0.25) is 9.80 Å². The van der Waals surface area contributed by atoms with Gasteiger partial charge in [-0.2, -0.15) is 0 Å². The van der Waals surface area contributed by atoms with Crippen LogP contribution in [0.2, 0.25) is 0 Å². The summed E-state index contributed by atoms with van der Waals surface area (Å²) >= 11 is 0. The molecule has 15 heavy (non-hydrogen) atoms. The third-order valence-electron chi connectivity index (χ3n) is 3.68. The van der Waals surface area contributed by atoms with Crippen LogP contribution < -0.4 is 0 Å². The van der Waals surface area contributed by atoms with Crippen molar-refractivity contribution in [1.82, 2.24) is 9.80 Å². The van der Waals surface area contributed by atoms with Crippen molar-refractivity contribution in [2.24, 2.45) is 0 Å². The van der Waals surface area contributed by atoms with E-state index in [9.17, 15) is 0 Å². The van der Waals surface area contributed by atoms with Gasteiger partial charge in [0.2, 0.25) is 0 Å². The Morgan fingerprint density at radius 2 is 1.87 bits per heavy atom. The van der Waals surface area contributed by atoms with Crippen molar-refractivity contribution in [2.45, 2.75) is 38.8 Å². The van der Waals surface area contributed by atoms with Gasteiger partial charge in [-0.05, 0) is 27.3 Å². The first-order chi connectivity index (χ1) is 6.95. The van der Waals surface area contributed by atoms with E-state index in [2.05, 4.69) is 37.5 Å². The van der Waals surface area contributed by atoms with E-state index in [0.717, 1.165) is 39.3 Å². The van der Waals surface area contributed by atoms with Gasteiger partial charge in [0.1, 0.15) is 5.60 Å². The van der Waals surface area contributed by atoms with Crippen molar-refractivity contribution in [3.63, 3.8) is 0 Å². The molecule has 3 nitrogen and oxygen atoms in total. The molecule has 0 aromatic heterocycles. The van der Waals surface area contributed by atoms with Crippen molar-refractivity contribution < 1.29 is 4.74 Å². The first-order valence-corrected chi connectivity index (χ1v) is 6.07. The van der Waals surface area contributed by atoms with E-state index in [1.54, 1.807) is 0 Å². The number of morpholine rings is 1. The summed E-state index contributed by atoms with van der Waals surface area (Å²) < 4.78 is 5.98. The Bertz CT molecular complexity index is 228. The van der Waals surface area contributed by atoms with Gasteiger partial charge in [0.25, 0.3) is 0 Å². The maximum Gasteiger partial charge on any atom is 0.106 e. The molecule has 0 bridgehead atoms. The molecule has 3 heteroatoms. The van der Waals surface area contributed by atoms with Crippen LogP contribution in [0.4, 0.5) is 0 Å². The summed E-state index contributed by atoms with van der Waals surface area (Å²) in [6.07, 6.45) is 0. The quantitative estimate of drug-likeness (QED) is 0.649. The lowest BCUT2D eigenvalue weighted by Crippen LogP contribution is -2.73. The van der Waals surface area contributed by atoms with E-state index >= 15 is 0 Å². The maximum atomic E-state index is 5.98. The molecule has 0 radical (unpaired) electrons. The van der Waals surface area contributed by atoms with Crippen molar-refractivity contribution in [2.75, 3.05) is 39.3 Å². The molecule has 2 heterocycles. The maximum absolute atomic E-state index is 5.98. The van der Waals surface area contributed by atoms with Crippen LogP contribution in [0, 0.1) is 0 Å². The van der Waals surface area contributed by atoms with Gasteiger partial charge in [-0.1, -0.05) is 6.92 Å². The highest BCUT2D eigenvalue weighted by Gasteiger charge is 2.49. The highest BCUT2D eigenvalue weighted by Crippen LogP contribution is 2.33. The Morgan fingerprint density at radius 3 is 2.40 bits per heavy atom. The molecular weight excluding hydrogens is 188 g/mol. The second-order valence-electron chi connectivity index (χ2n) is 5.93. The fraction of sp³-hybridized carbons (Fsp3) is 1.00. The van der Waals surface area contributed by atoms with E-state index in [1.807, 2.05) is 0 Å². The standard InChI is InChI=1S/C12H24N2O/c1-5-13-6-7-15-12(8-13)9-14(10-12)11(2,3)4/h5-10H2,1-4H3. The summed E-state index contributed by atoms with van der Waals surface area (Å²) in [5.74, 6) is 0. The summed E-state index contributed by atoms with van der Waals surface area (Å²) in [5.41, 5.74) is 0.449. The normalized spacial score (nSPS) is 28.0. The Balaban J connectivity index is 1.90. The minimum absolute atomic E-state index is 0.154. The topological polar surface area (TPSA) is 15.7 Å². The monoisotopic (exact) mass is 212 g/mol. The van der Waals surface area contributed by atoms with Crippen LogP contribution >= 0.6 is 0 Å². The molecular formula is C12H24N2O. The first kappa shape index (κ1) is 11.4. The number of likely N-dealkylation sites (N-methyl/N-ethyl adjacent to an activating group) is 1. The van der Waals surface area contributed by atoms with E-state index in [-0.39, 0.29) is 5.60 Å². The molecule has 88 valence electrons. The molecule has 2 saturated heterocycles. The van der Waals surface area contributed by atoms with Crippen molar-refractivity contribution in [1.29, 1.82) is 0 Å². The number of rotatable bonds is 1. The smallest absolute Gasteiger partial charge is 0.106 e. The lowest BCUT2D eigenvalue weighted by Gasteiger charge is -2.58. The molecule has 2 rings (SSSR count). The lowest BCUT2D eigenvalue weighted by molar-refractivity contribution is -0.201. The molecule has 2 aliphatic heterocycles. The third kappa shape index (κ3) is 2.19. The number of likely N-dealkylation sites (tertiary alicyclic amines) is 1. The van der Waals surface area contributed by atoms with Crippen LogP contribution in [-0.2, 0) is 4.74 Å². The average Bonchev–Trinajstić information content (AvgIpc) is 2.12. The second-order valence-corrected chi connectivity index (χ2v) is 5.93. The zero-order valence-corrected chi connectivity index (χ0v) is 10.5. The zero-order chi connectivity index (χ0) is 11.1. The molecule has 2 aliphatic rings. The highest BCUT2D eigenvalue weighted by atomic mass is 16.5. The molecule has 0 atom stereocenters. The molecule has 1 spiro atoms. The summed E-state index contributed by atoms with van der Waals surface area (Å²) in [7, 11) is 0. The van der Waals surface area contributed by atoms with Crippen molar-refractivity contribution in [3.05, 3.63) is 0 Å². The van der Waals surface area contributed by atoms with E-state index in [4.69, 9.17) is 4.74 Å². The number of ether oxygens (including phenoxy) is 1. The van der Waals surface area contributed by atoms with Crippen LogP contribution in [0.15, 0.2) is 0 Å². The van der Waals surface area contributed by atoms with Gasteiger partial charge in [-0.25, -0.2) is 0 Å². The van der Waals surface area contributed by atoms with Crippen LogP contribution in [-0.4, -0.2) is 60.3 Å². The van der Waals surface area contributed by atoms with Crippen molar-refractivity contribution in [3.8, 4) is 0 Å². The summed E-state index contributed by atoms with van der Waals surface area (Å²) in [4.78, 5) is 5.01. The van der Waals surface area contributed by atoms with Gasteiger partial charge in [0.05, 0.1) is 6.61 Å². The van der Waals surface area contributed by atoms with Crippen molar-refractivity contribution >= 4 is 0 Å². The largest absolute Gasteiger partial charge is 0.370 e. The van der Waals surface area contributed by atoms with E-state index in [0.29, 0.717) is 5.54 Å². The summed E-state index contributed by atoms with van der Waals surface area (Å²) in [6.45, 7) is 15.6. The lowest BCUT2D eigenvalue weighted by atomic mass is 9.87. The van der Waals surface area contributed by atoms with Gasteiger partial charge >= 0.3 is 0 Å². The Hall–Kier alpha value is -0.120. The Labute approximate surface area is 93.4 Å². The van der Waals surface area contributed by atoms with Crippen LogP contribution in [0.25, 0.3) is 0 Å². The van der Waals surface area contributed by atoms with E-state index in [1.165, 1.54) is 0 Å². The Kier molecular flexibility index (Phi) is 2.82. The summed E-state index contributed by atoms with van der Waals surface area (Å²) in [6, 6.07) is 0. The van der Waals surface area contributed by atoms with E-state index < -0.39 is 0 Å². The van der Waals surface area contributed by atoms with Crippen LogP contribution in [0.5, 0.6) is 0 Å². The molecule has 0 N–H and O–H groups in total. The number of hydrogen-bond donors (Lipinski definition) is 0. The molecule has 0 aliphatic carbocycles. The molecule has 0 aromatic carbocycles. The van der Waals surface area contributed by atoms with Gasteiger partial charge in [-0.15, -0.1) is 0 Å². The SMILES string of the molecule is CCN1CCOC2(C1)CN(C(C)(C)C)C2. The third-order valence-corrected chi connectivity index (χ3v) is 3.68. The second kappa shape index (κ2) is 3.72. The van der Waals surface area contributed by atoms with Gasteiger partial charge in [0, 0.05) is 31.7 Å².